The van der Waals surface area contributed by atoms with Gasteiger partial charge in [0.05, 0.1) is 0 Å². The van der Waals surface area contributed by atoms with E-state index < -0.39 is 11.6 Å². The molecule has 0 spiro atoms. The van der Waals surface area contributed by atoms with Crippen LogP contribution in [-0.4, -0.2) is 30.6 Å². The van der Waals surface area contributed by atoms with Crippen LogP contribution in [0.4, 0.5) is 0 Å². The van der Waals surface area contributed by atoms with E-state index in [1.165, 1.54) is 10.4 Å². The van der Waals surface area contributed by atoms with Gasteiger partial charge in [0.15, 0.2) is 6.10 Å². The number of β-lactam (4-membered cyclic amide) rings is 1. The number of hydrogen-bond donors (Lipinski definition) is 0. The lowest BCUT2D eigenvalue weighted by molar-refractivity contribution is -0.187. The first-order valence-corrected chi connectivity index (χ1v) is 7.64. The summed E-state index contributed by atoms with van der Waals surface area (Å²) in [5, 5.41) is 2.12. The standard InChI is InChI=1S/C16H15NO2S/c1-19-14-15(18)17-9-7-13-12(8-10-20-13)16(14,17)11-5-3-2-4-6-11/h2-6,8,10,14H,7,9H2,1H3/t14-,16+/m1/s1. The Morgan fingerprint density at radius 2 is 2.10 bits per heavy atom. The predicted octanol–water partition coefficient (Wildman–Crippen LogP) is 2.41. The highest BCUT2D eigenvalue weighted by Crippen LogP contribution is 2.52. The fraction of sp³-hybridized carbons (Fsp3) is 0.312. The van der Waals surface area contributed by atoms with Gasteiger partial charge in [0, 0.05) is 18.5 Å². The molecule has 0 unspecified atom stereocenters. The highest BCUT2D eigenvalue weighted by molar-refractivity contribution is 7.10. The number of thiophene rings is 1. The fourth-order valence-corrected chi connectivity index (χ4v) is 4.58. The van der Waals surface area contributed by atoms with E-state index in [1.54, 1.807) is 18.4 Å². The number of fused-ring (bicyclic) bond motifs is 3. The quantitative estimate of drug-likeness (QED) is 0.793. The molecule has 1 amide bonds. The second-order valence-corrected chi connectivity index (χ2v) is 6.25. The van der Waals surface area contributed by atoms with Gasteiger partial charge >= 0.3 is 0 Å². The first-order valence-electron chi connectivity index (χ1n) is 6.76. The molecule has 102 valence electrons. The van der Waals surface area contributed by atoms with Crippen molar-refractivity contribution in [3.8, 4) is 0 Å². The summed E-state index contributed by atoms with van der Waals surface area (Å²) in [6.45, 7) is 0.779. The molecule has 0 radical (unpaired) electrons. The number of amides is 1. The van der Waals surface area contributed by atoms with Crippen molar-refractivity contribution in [2.45, 2.75) is 18.1 Å². The van der Waals surface area contributed by atoms with E-state index in [9.17, 15) is 4.79 Å². The van der Waals surface area contributed by atoms with Gasteiger partial charge < -0.3 is 9.64 Å². The van der Waals surface area contributed by atoms with Crippen LogP contribution in [0.25, 0.3) is 0 Å². The number of carbonyl (C=O) groups is 1. The van der Waals surface area contributed by atoms with Crippen molar-refractivity contribution in [1.82, 2.24) is 4.90 Å². The minimum atomic E-state index is -0.416. The maximum absolute atomic E-state index is 12.3. The van der Waals surface area contributed by atoms with Crippen molar-refractivity contribution in [3.05, 3.63) is 57.8 Å². The summed E-state index contributed by atoms with van der Waals surface area (Å²) in [6.07, 6.45) is 0.544. The zero-order chi connectivity index (χ0) is 13.7. The Kier molecular flexibility index (Phi) is 2.53. The van der Waals surface area contributed by atoms with Crippen molar-refractivity contribution in [2.24, 2.45) is 0 Å². The van der Waals surface area contributed by atoms with Crippen LogP contribution in [0.5, 0.6) is 0 Å². The molecular formula is C16H15NO2S. The molecule has 2 aliphatic heterocycles. The highest BCUT2D eigenvalue weighted by Gasteiger charge is 2.64. The smallest absolute Gasteiger partial charge is 0.256 e. The van der Waals surface area contributed by atoms with Crippen LogP contribution in [0.15, 0.2) is 41.8 Å². The molecule has 4 heteroatoms. The molecule has 1 saturated heterocycles. The first-order chi connectivity index (χ1) is 9.80. The average molecular weight is 285 g/mol. The van der Waals surface area contributed by atoms with Gasteiger partial charge in [-0.25, -0.2) is 0 Å². The Morgan fingerprint density at radius 1 is 1.30 bits per heavy atom. The fourth-order valence-electron chi connectivity index (χ4n) is 3.66. The van der Waals surface area contributed by atoms with Crippen molar-refractivity contribution in [3.63, 3.8) is 0 Å². The number of ether oxygens (including phenoxy) is 1. The SMILES string of the molecule is CO[C@@H]1C(=O)N2CCc3sccc3[C@@]12c1ccccc1. The zero-order valence-corrected chi connectivity index (χ0v) is 12.0. The van der Waals surface area contributed by atoms with Crippen molar-refractivity contribution >= 4 is 17.2 Å². The van der Waals surface area contributed by atoms with Crippen LogP contribution < -0.4 is 0 Å². The minimum absolute atomic E-state index is 0.105. The molecule has 3 nitrogen and oxygen atoms in total. The first kappa shape index (κ1) is 12.1. The van der Waals surface area contributed by atoms with Gasteiger partial charge in [0.1, 0.15) is 5.54 Å². The second-order valence-electron chi connectivity index (χ2n) is 5.25. The monoisotopic (exact) mass is 285 g/mol. The Hall–Kier alpha value is -1.65. The summed E-state index contributed by atoms with van der Waals surface area (Å²) in [4.78, 5) is 15.7. The molecule has 1 aromatic carbocycles. The van der Waals surface area contributed by atoms with Gasteiger partial charge in [0.2, 0.25) is 0 Å². The van der Waals surface area contributed by atoms with Crippen molar-refractivity contribution in [2.75, 3.05) is 13.7 Å². The Balaban J connectivity index is 1.98. The maximum atomic E-state index is 12.3. The summed E-state index contributed by atoms with van der Waals surface area (Å²) in [5.41, 5.74) is 1.97. The molecule has 0 bridgehead atoms. The number of carbonyl (C=O) groups excluding carboxylic acids is 1. The Bertz CT molecular complexity index is 666. The number of nitrogens with zero attached hydrogens (tertiary/aromatic N) is 1. The van der Waals surface area contributed by atoms with Crippen LogP contribution in [0, 0.1) is 0 Å². The zero-order valence-electron chi connectivity index (χ0n) is 11.2. The van der Waals surface area contributed by atoms with E-state index in [0.717, 1.165) is 18.5 Å². The lowest BCUT2D eigenvalue weighted by atomic mass is 9.68. The van der Waals surface area contributed by atoms with Crippen LogP contribution in [0.2, 0.25) is 0 Å². The van der Waals surface area contributed by atoms with Crippen LogP contribution in [-0.2, 0) is 21.5 Å². The van der Waals surface area contributed by atoms with Gasteiger partial charge in [-0.05, 0) is 29.0 Å². The molecule has 1 fully saturated rings. The van der Waals surface area contributed by atoms with Crippen LogP contribution in [0.3, 0.4) is 0 Å². The number of hydrogen-bond acceptors (Lipinski definition) is 3. The summed E-state index contributed by atoms with van der Waals surface area (Å²) in [6, 6.07) is 12.4. The average Bonchev–Trinajstić information content (AvgIpc) is 2.95. The highest BCUT2D eigenvalue weighted by atomic mass is 32.1. The van der Waals surface area contributed by atoms with E-state index in [1.807, 2.05) is 23.1 Å². The van der Waals surface area contributed by atoms with E-state index in [4.69, 9.17) is 4.74 Å². The van der Waals surface area contributed by atoms with Crippen LogP contribution >= 0.6 is 11.3 Å². The Morgan fingerprint density at radius 3 is 2.85 bits per heavy atom. The third-order valence-electron chi connectivity index (χ3n) is 4.46. The summed E-state index contributed by atoms with van der Waals surface area (Å²) in [5.74, 6) is 0.105. The third kappa shape index (κ3) is 1.26. The second kappa shape index (κ2) is 4.17. The van der Waals surface area contributed by atoms with Crippen molar-refractivity contribution in [1.29, 1.82) is 0 Å². The summed E-state index contributed by atoms with van der Waals surface area (Å²) < 4.78 is 5.57. The van der Waals surface area contributed by atoms with E-state index >= 15 is 0 Å². The Labute approximate surface area is 121 Å². The number of benzene rings is 1. The van der Waals surface area contributed by atoms with Crippen molar-refractivity contribution < 1.29 is 9.53 Å². The molecule has 20 heavy (non-hydrogen) atoms. The molecule has 0 aliphatic carbocycles. The predicted molar refractivity (Wildman–Crippen MR) is 77.8 cm³/mol. The van der Waals surface area contributed by atoms with E-state index in [0.29, 0.717) is 0 Å². The topological polar surface area (TPSA) is 29.5 Å². The molecule has 3 heterocycles. The minimum Gasteiger partial charge on any atom is -0.368 e. The number of methoxy groups -OCH3 is 1. The largest absolute Gasteiger partial charge is 0.368 e. The molecule has 1 aromatic heterocycles. The van der Waals surface area contributed by atoms with Gasteiger partial charge in [-0.1, -0.05) is 30.3 Å². The number of rotatable bonds is 2. The molecule has 0 saturated carbocycles. The van der Waals surface area contributed by atoms with Gasteiger partial charge in [-0.2, -0.15) is 0 Å². The molecule has 4 rings (SSSR count). The molecule has 2 aromatic rings. The summed E-state index contributed by atoms with van der Waals surface area (Å²) >= 11 is 1.78. The van der Waals surface area contributed by atoms with Gasteiger partial charge in [-0.15, -0.1) is 11.3 Å². The molecular weight excluding hydrogens is 270 g/mol. The molecule has 2 atom stereocenters. The lowest BCUT2D eigenvalue weighted by Gasteiger charge is -2.59. The van der Waals surface area contributed by atoms with E-state index in [-0.39, 0.29) is 5.91 Å². The third-order valence-corrected chi connectivity index (χ3v) is 5.44. The molecule has 2 aliphatic rings. The summed E-state index contributed by atoms with van der Waals surface area (Å²) in [7, 11) is 1.63. The van der Waals surface area contributed by atoms with E-state index in [2.05, 4.69) is 23.6 Å². The normalized spacial score (nSPS) is 27.8. The molecule has 0 N–H and O–H groups in total. The van der Waals surface area contributed by atoms with Gasteiger partial charge in [0.25, 0.3) is 5.91 Å². The lowest BCUT2D eigenvalue weighted by Crippen LogP contribution is -2.74. The van der Waals surface area contributed by atoms with Crippen LogP contribution in [0.1, 0.15) is 16.0 Å². The maximum Gasteiger partial charge on any atom is 0.256 e. The van der Waals surface area contributed by atoms with Gasteiger partial charge in [-0.3, -0.25) is 4.79 Å².